The predicted octanol–water partition coefficient (Wildman–Crippen LogP) is 3.83. The van der Waals surface area contributed by atoms with Gasteiger partial charge in [-0.3, -0.25) is 19.4 Å². The molecule has 1 N–H and O–H groups in total. The summed E-state index contributed by atoms with van der Waals surface area (Å²) >= 11 is 0. The van der Waals surface area contributed by atoms with Crippen LogP contribution >= 0.6 is 0 Å². The largest absolute Gasteiger partial charge is 0.342 e. The van der Waals surface area contributed by atoms with E-state index in [9.17, 15) is 28.1 Å². The summed E-state index contributed by atoms with van der Waals surface area (Å²) in [4.78, 5) is 48.9. The molecule has 3 aromatic rings. The first-order chi connectivity index (χ1) is 20.4. The summed E-state index contributed by atoms with van der Waals surface area (Å²) in [7, 11) is -3.74. The number of carbonyl (C=O) groups excluding carboxylic acids is 3. The summed E-state index contributed by atoms with van der Waals surface area (Å²) in [5.41, 5.74) is 3.58. The van der Waals surface area contributed by atoms with Gasteiger partial charge >= 0.3 is 0 Å². The zero-order valence-corrected chi connectivity index (χ0v) is 25.5. The van der Waals surface area contributed by atoms with Gasteiger partial charge in [0.1, 0.15) is 11.8 Å². The molecule has 3 atom stereocenters. The Hall–Kier alpha value is -4.30. The summed E-state index contributed by atoms with van der Waals surface area (Å²) < 4.78 is 24.5. The Morgan fingerprint density at radius 2 is 1.88 bits per heavy atom. The van der Waals surface area contributed by atoms with Gasteiger partial charge in [-0.15, -0.1) is 0 Å². The molecule has 5 rings (SSSR count). The highest BCUT2D eigenvalue weighted by atomic mass is 32.2. The lowest BCUT2D eigenvalue weighted by molar-refractivity contribution is -0.130. The molecule has 0 spiro atoms. The van der Waals surface area contributed by atoms with Gasteiger partial charge in [0.15, 0.2) is 9.84 Å². The van der Waals surface area contributed by atoms with Gasteiger partial charge in [0.25, 0.3) is 5.91 Å². The van der Waals surface area contributed by atoms with E-state index in [-0.39, 0.29) is 23.7 Å². The highest BCUT2D eigenvalue weighted by molar-refractivity contribution is 7.91. The van der Waals surface area contributed by atoms with Crippen LogP contribution in [0.1, 0.15) is 62.6 Å². The maximum atomic E-state index is 14.6. The third-order valence-electron chi connectivity index (χ3n) is 8.34. The lowest BCUT2D eigenvalue weighted by atomic mass is 9.99. The minimum Gasteiger partial charge on any atom is -0.342 e. The molecule has 1 aliphatic heterocycles. The van der Waals surface area contributed by atoms with Crippen molar-refractivity contribution in [2.45, 2.75) is 64.6 Å². The molecule has 2 aromatic carbocycles. The Bertz CT molecular complexity index is 1760. The molecular weight excluding hydrogens is 566 g/mol. The predicted molar refractivity (Wildman–Crippen MR) is 164 cm³/mol. The number of carbonyl (C=O) groups is 3. The molecule has 1 fully saturated rings. The Balaban J connectivity index is 1.72. The first kappa shape index (κ1) is 30.2. The quantitative estimate of drug-likeness (QED) is 0.414. The average molecular weight is 602 g/mol. The third-order valence-corrected chi connectivity index (χ3v) is 9.11. The molecule has 11 heteroatoms. The lowest BCUT2D eigenvalue weighted by Crippen LogP contribution is -2.59. The number of anilines is 2. The van der Waals surface area contributed by atoms with Gasteiger partial charge in [0.2, 0.25) is 11.8 Å². The van der Waals surface area contributed by atoms with Crippen molar-refractivity contribution < 1.29 is 22.8 Å². The van der Waals surface area contributed by atoms with Gasteiger partial charge in [-0.2, -0.15) is 5.26 Å². The fourth-order valence-electron chi connectivity index (χ4n) is 5.65. The highest BCUT2D eigenvalue weighted by Gasteiger charge is 2.43. The van der Waals surface area contributed by atoms with E-state index < -0.39 is 45.4 Å². The van der Waals surface area contributed by atoms with Crippen LogP contribution in [-0.2, 0) is 30.8 Å². The van der Waals surface area contributed by atoms with Gasteiger partial charge in [-0.25, -0.2) is 8.42 Å². The molecule has 1 saturated carbocycles. The van der Waals surface area contributed by atoms with E-state index in [0.717, 1.165) is 41.1 Å². The third kappa shape index (κ3) is 6.11. The Labute approximate surface area is 251 Å². The van der Waals surface area contributed by atoms with E-state index in [1.807, 2.05) is 37.4 Å². The zero-order chi connectivity index (χ0) is 31.1. The Morgan fingerprint density at radius 3 is 2.53 bits per heavy atom. The smallest absolute Gasteiger partial charge is 0.252 e. The first-order valence-corrected chi connectivity index (χ1v) is 16.5. The minimum absolute atomic E-state index is 0.128. The van der Waals surface area contributed by atoms with Crippen LogP contribution in [0.2, 0.25) is 0 Å². The highest BCUT2D eigenvalue weighted by Crippen LogP contribution is 2.44. The van der Waals surface area contributed by atoms with Crippen molar-refractivity contribution in [2.24, 2.45) is 5.92 Å². The minimum atomic E-state index is -3.74. The van der Waals surface area contributed by atoms with Gasteiger partial charge in [-0.05, 0) is 67.5 Å². The van der Waals surface area contributed by atoms with Crippen molar-refractivity contribution in [3.8, 4) is 6.07 Å². The number of pyridine rings is 1. The normalized spacial score (nSPS) is 19.4. The number of rotatable bonds is 8. The van der Waals surface area contributed by atoms with E-state index in [1.165, 1.54) is 11.0 Å². The number of amides is 3. The summed E-state index contributed by atoms with van der Waals surface area (Å²) in [5.74, 6) is -2.41. The van der Waals surface area contributed by atoms with Crippen LogP contribution in [0.4, 0.5) is 11.4 Å². The van der Waals surface area contributed by atoms with E-state index in [0.29, 0.717) is 18.0 Å². The number of hydrogen-bond donors (Lipinski definition) is 1. The van der Waals surface area contributed by atoms with Crippen molar-refractivity contribution in [2.75, 3.05) is 21.8 Å². The molecule has 224 valence electrons. The number of nitriles is 1. The molecule has 3 amide bonds. The summed E-state index contributed by atoms with van der Waals surface area (Å²) in [6, 6.07) is 12.3. The van der Waals surface area contributed by atoms with Crippen LogP contribution in [0.5, 0.6) is 0 Å². The molecule has 0 bridgehead atoms. The van der Waals surface area contributed by atoms with E-state index in [2.05, 4.69) is 16.4 Å². The number of fused-ring (bicyclic) bond motifs is 2. The number of para-hydroxylation sites is 1. The van der Waals surface area contributed by atoms with E-state index >= 15 is 0 Å². The standard InChI is InChI=1S/C32H35N5O5S/c1-5-19(2)31(39)35-30-20(3)37(29(38)18-43(4,41)42)28-14-21(15-33)10-13-27(28)36(32(30)40)17-25-23-8-6-7-9-26(23)34-16-24(25)22-11-12-22/h6-10,13-14,16,19-20,22,30H,5,11-12,17-18H2,1-4H3,(H,35,39)/t19-,20+,30+/m1/s1. The van der Waals surface area contributed by atoms with Crippen molar-refractivity contribution in [1.82, 2.24) is 10.3 Å². The Morgan fingerprint density at radius 1 is 1.16 bits per heavy atom. The average Bonchev–Trinajstić information content (AvgIpc) is 3.82. The molecule has 43 heavy (non-hydrogen) atoms. The van der Waals surface area contributed by atoms with Crippen molar-refractivity contribution in [3.63, 3.8) is 0 Å². The fraction of sp³-hybridized carbons (Fsp3) is 0.406. The van der Waals surface area contributed by atoms with Gasteiger partial charge in [0.05, 0.1) is 41.1 Å². The number of nitrogens with zero attached hydrogens (tertiary/aromatic N) is 4. The number of benzene rings is 2. The summed E-state index contributed by atoms with van der Waals surface area (Å²) in [6.07, 6.45) is 5.40. The topological polar surface area (TPSA) is 141 Å². The fourth-order valence-corrected chi connectivity index (χ4v) is 6.24. The number of aromatic nitrogens is 1. The molecule has 0 radical (unpaired) electrons. The molecule has 0 unspecified atom stereocenters. The SMILES string of the molecule is CC[C@@H](C)C(=O)N[C@@H]1C(=O)N(Cc2c(C3CC3)cnc3ccccc23)c2ccc(C#N)cc2N(C(=O)CS(C)(=O)=O)[C@H]1C. The van der Waals surface area contributed by atoms with Gasteiger partial charge in [-0.1, -0.05) is 32.0 Å². The summed E-state index contributed by atoms with van der Waals surface area (Å²) in [6.45, 7) is 5.36. The van der Waals surface area contributed by atoms with Crippen molar-refractivity contribution in [1.29, 1.82) is 5.26 Å². The monoisotopic (exact) mass is 601 g/mol. The molecule has 2 aliphatic rings. The van der Waals surface area contributed by atoms with Crippen LogP contribution in [-0.4, -0.2) is 55.2 Å². The van der Waals surface area contributed by atoms with Crippen molar-refractivity contribution in [3.05, 3.63) is 65.4 Å². The first-order valence-electron chi connectivity index (χ1n) is 14.5. The molecule has 0 saturated heterocycles. The van der Waals surface area contributed by atoms with Crippen molar-refractivity contribution >= 4 is 49.8 Å². The van der Waals surface area contributed by atoms with E-state index in [1.54, 1.807) is 30.9 Å². The van der Waals surface area contributed by atoms with Crippen LogP contribution in [0, 0.1) is 17.2 Å². The Kier molecular flexibility index (Phi) is 8.25. The maximum Gasteiger partial charge on any atom is 0.252 e. The van der Waals surface area contributed by atoms with Gasteiger partial charge in [0, 0.05) is 23.8 Å². The van der Waals surface area contributed by atoms with Crippen LogP contribution in [0.15, 0.2) is 48.7 Å². The maximum absolute atomic E-state index is 14.6. The van der Waals surface area contributed by atoms with Gasteiger partial charge < -0.3 is 15.1 Å². The molecule has 1 aliphatic carbocycles. The second-order valence-corrected chi connectivity index (χ2v) is 13.7. The molecule has 10 nitrogen and oxygen atoms in total. The number of hydrogen-bond acceptors (Lipinski definition) is 7. The number of sulfone groups is 1. The van der Waals surface area contributed by atoms with Crippen LogP contribution in [0.3, 0.4) is 0 Å². The second-order valence-electron chi connectivity index (χ2n) is 11.6. The molecule has 2 heterocycles. The van der Waals surface area contributed by atoms with E-state index in [4.69, 9.17) is 0 Å². The van der Waals surface area contributed by atoms with Crippen LogP contribution < -0.4 is 15.1 Å². The zero-order valence-electron chi connectivity index (χ0n) is 24.7. The summed E-state index contributed by atoms with van der Waals surface area (Å²) in [5, 5.41) is 13.5. The second kappa shape index (κ2) is 11.8. The molecule has 1 aromatic heterocycles. The number of nitrogens with one attached hydrogen (secondary N) is 1. The van der Waals surface area contributed by atoms with Crippen LogP contribution in [0.25, 0.3) is 10.9 Å². The lowest BCUT2D eigenvalue weighted by Gasteiger charge is -2.32. The molecular formula is C32H35N5O5S.